The number of benzene rings is 2. The number of hydrogen-bond acceptors (Lipinski definition) is 4. The smallest absolute Gasteiger partial charge is 0.260 e. The van der Waals surface area contributed by atoms with Crippen LogP contribution in [0.3, 0.4) is 0 Å². The van der Waals surface area contributed by atoms with Crippen LogP contribution in [0.5, 0.6) is 0 Å². The molecule has 32 heavy (non-hydrogen) atoms. The van der Waals surface area contributed by atoms with E-state index in [1.165, 1.54) is 12.1 Å². The Kier molecular flexibility index (Phi) is 5.77. The molecule has 2 amide bonds. The van der Waals surface area contributed by atoms with Gasteiger partial charge in [0.2, 0.25) is 0 Å². The number of rotatable bonds is 6. The molecule has 0 fully saturated rings. The minimum absolute atomic E-state index is 0.150. The van der Waals surface area contributed by atoms with Crippen LogP contribution in [0.25, 0.3) is 11.3 Å². The summed E-state index contributed by atoms with van der Waals surface area (Å²) in [6, 6.07) is 9.54. The summed E-state index contributed by atoms with van der Waals surface area (Å²) in [6.07, 6.45) is 0. The Morgan fingerprint density at radius 2 is 1.88 bits per heavy atom. The van der Waals surface area contributed by atoms with Crippen LogP contribution in [0.1, 0.15) is 54.7 Å². The predicted octanol–water partition coefficient (Wildman–Crippen LogP) is 3.98. The zero-order valence-corrected chi connectivity index (χ0v) is 18.8. The Hall–Kier alpha value is -3.19. The molecular weight excluding hydrogens is 409 g/mol. The van der Waals surface area contributed by atoms with Crippen molar-refractivity contribution in [3.63, 3.8) is 0 Å². The van der Waals surface area contributed by atoms with E-state index >= 15 is 0 Å². The molecule has 0 unspecified atom stereocenters. The topological polar surface area (TPSA) is 70.7 Å². The van der Waals surface area contributed by atoms with Gasteiger partial charge >= 0.3 is 0 Å². The molecule has 6 nitrogen and oxygen atoms in total. The fraction of sp³-hybridized carbons (Fsp3) is 0.360. The van der Waals surface area contributed by atoms with E-state index in [2.05, 4.69) is 29.4 Å². The van der Waals surface area contributed by atoms with Gasteiger partial charge in [0, 0.05) is 41.0 Å². The second-order valence-corrected chi connectivity index (χ2v) is 8.50. The summed E-state index contributed by atoms with van der Waals surface area (Å²) in [4.78, 5) is 27.7. The molecule has 4 rings (SSSR count). The Labute approximate surface area is 187 Å². The minimum atomic E-state index is -0.745. The molecule has 168 valence electrons. The lowest BCUT2D eigenvalue weighted by atomic mass is 9.92. The third kappa shape index (κ3) is 3.88. The summed E-state index contributed by atoms with van der Waals surface area (Å²) in [6.45, 7) is 11.2. The average Bonchev–Trinajstić information content (AvgIpc) is 3.22. The first-order valence-electron chi connectivity index (χ1n) is 10.9. The normalized spacial score (nSPS) is 18.2. The van der Waals surface area contributed by atoms with Crippen molar-refractivity contribution in [1.29, 1.82) is 0 Å². The molecule has 0 aliphatic carbocycles. The lowest BCUT2D eigenvalue weighted by Gasteiger charge is -2.20. The Bertz CT molecular complexity index is 1120. The number of likely N-dealkylation sites (N-methyl/N-ethyl adjacent to an activating group) is 1. The maximum atomic E-state index is 13.9. The van der Waals surface area contributed by atoms with E-state index in [9.17, 15) is 14.0 Å². The van der Waals surface area contributed by atoms with Gasteiger partial charge in [0.05, 0.1) is 5.57 Å². The molecule has 2 heterocycles. The highest BCUT2D eigenvalue weighted by Crippen LogP contribution is 2.48. The van der Waals surface area contributed by atoms with E-state index < -0.39 is 11.4 Å². The molecule has 7 heteroatoms. The minimum Gasteiger partial charge on any atom is -0.482 e. The number of nitrogens with zero attached hydrogens (tertiary/aromatic N) is 1. The van der Waals surface area contributed by atoms with Crippen molar-refractivity contribution >= 4 is 28.8 Å². The molecular formula is C25H28FN3O3. The summed E-state index contributed by atoms with van der Waals surface area (Å²) in [7, 11) is 0. The molecule has 2 aromatic carbocycles. The second kappa shape index (κ2) is 8.39. The summed E-state index contributed by atoms with van der Waals surface area (Å²) in [5.74, 6) is -0.502. The Morgan fingerprint density at radius 1 is 1.12 bits per heavy atom. The first-order valence-corrected chi connectivity index (χ1v) is 10.9. The van der Waals surface area contributed by atoms with Crippen molar-refractivity contribution in [3.05, 3.63) is 64.5 Å². The van der Waals surface area contributed by atoms with Crippen LogP contribution in [0.2, 0.25) is 0 Å². The van der Waals surface area contributed by atoms with Gasteiger partial charge in [-0.2, -0.15) is 0 Å². The molecule has 0 aromatic heterocycles. The summed E-state index contributed by atoms with van der Waals surface area (Å²) >= 11 is 0. The van der Waals surface area contributed by atoms with Gasteiger partial charge in [0.15, 0.2) is 0 Å². The summed E-state index contributed by atoms with van der Waals surface area (Å²) in [5, 5.41) is 5.74. The van der Waals surface area contributed by atoms with Crippen molar-refractivity contribution in [2.75, 3.05) is 31.5 Å². The van der Waals surface area contributed by atoms with Gasteiger partial charge in [-0.05, 0) is 57.3 Å². The zero-order valence-electron chi connectivity index (χ0n) is 18.8. The molecule has 0 saturated carbocycles. The standard InChI is InChI=1S/C25H28FN3O3/c1-5-29(6-2)12-11-27-23(30)15-7-9-17-19(13-15)25(3,4)32-22(17)21-18-14-16(26)8-10-20(18)28-24(21)31/h7-10,13-14H,5-6,11-12H2,1-4H3,(H,27,30)(H,28,31). The van der Waals surface area contributed by atoms with Crippen molar-refractivity contribution in [2.24, 2.45) is 0 Å². The Balaban J connectivity index is 1.66. The van der Waals surface area contributed by atoms with Crippen molar-refractivity contribution in [2.45, 2.75) is 33.3 Å². The van der Waals surface area contributed by atoms with Crippen LogP contribution < -0.4 is 10.6 Å². The van der Waals surface area contributed by atoms with E-state index in [0.29, 0.717) is 34.7 Å². The predicted molar refractivity (Wildman–Crippen MR) is 123 cm³/mol. The maximum absolute atomic E-state index is 13.9. The molecule has 2 N–H and O–H groups in total. The number of amides is 2. The monoisotopic (exact) mass is 437 g/mol. The number of fused-ring (bicyclic) bond motifs is 2. The van der Waals surface area contributed by atoms with E-state index in [1.54, 1.807) is 18.2 Å². The highest BCUT2D eigenvalue weighted by molar-refractivity contribution is 6.36. The van der Waals surface area contributed by atoms with Gasteiger partial charge < -0.3 is 20.3 Å². The molecule has 2 aliphatic heterocycles. The van der Waals surface area contributed by atoms with Crippen LogP contribution in [-0.4, -0.2) is 42.9 Å². The van der Waals surface area contributed by atoms with Gasteiger partial charge in [-0.3, -0.25) is 9.59 Å². The molecule has 2 aromatic rings. The van der Waals surface area contributed by atoms with E-state index in [4.69, 9.17) is 4.74 Å². The van der Waals surface area contributed by atoms with E-state index in [1.807, 2.05) is 19.9 Å². The number of carbonyl (C=O) groups excluding carboxylic acids is 2. The fourth-order valence-electron chi connectivity index (χ4n) is 4.27. The van der Waals surface area contributed by atoms with Crippen LogP contribution in [0.15, 0.2) is 36.4 Å². The second-order valence-electron chi connectivity index (χ2n) is 8.50. The summed E-state index contributed by atoms with van der Waals surface area (Å²) < 4.78 is 20.1. The van der Waals surface area contributed by atoms with Crippen molar-refractivity contribution < 1.29 is 18.7 Å². The largest absolute Gasteiger partial charge is 0.482 e. The highest BCUT2D eigenvalue weighted by atomic mass is 19.1. The van der Waals surface area contributed by atoms with Gasteiger partial charge in [-0.25, -0.2) is 4.39 Å². The van der Waals surface area contributed by atoms with Gasteiger partial charge in [0.1, 0.15) is 17.2 Å². The van der Waals surface area contributed by atoms with Gasteiger partial charge in [-0.15, -0.1) is 0 Å². The molecule has 0 bridgehead atoms. The van der Waals surface area contributed by atoms with Crippen molar-refractivity contribution in [3.8, 4) is 0 Å². The van der Waals surface area contributed by atoms with Gasteiger partial charge in [0.25, 0.3) is 11.8 Å². The highest BCUT2D eigenvalue weighted by Gasteiger charge is 2.40. The van der Waals surface area contributed by atoms with Crippen LogP contribution in [0, 0.1) is 5.82 Å². The Morgan fingerprint density at radius 3 is 2.59 bits per heavy atom. The quantitative estimate of drug-likeness (QED) is 0.671. The lowest BCUT2D eigenvalue weighted by molar-refractivity contribution is -0.110. The summed E-state index contributed by atoms with van der Waals surface area (Å²) in [5.41, 5.74) is 2.68. The SMILES string of the molecule is CCN(CC)CCNC(=O)c1ccc2c(c1)C(C)(C)OC2=C1C(=O)Nc2ccc(F)cc21. The molecule has 0 radical (unpaired) electrons. The van der Waals surface area contributed by atoms with Crippen molar-refractivity contribution in [1.82, 2.24) is 10.2 Å². The number of anilines is 1. The molecule has 0 spiro atoms. The third-order valence-electron chi connectivity index (χ3n) is 6.09. The van der Waals surface area contributed by atoms with E-state index in [0.717, 1.165) is 30.8 Å². The first-order chi connectivity index (χ1) is 15.2. The third-order valence-corrected chi connectivity index (χ3v) is 6.09. The van der Waals surface area contributed by atoms with Gasteiger partial charge in [-0.1, -0.05) is 19.9 Å². The molecule has 0 atom stereocenters. The fourth-order valence-corrected chi connectivity index (χ4v) is 4.27. The number of nitrogens with one attached hydrogen (secondary N) is 2. The number of hydrogen-bond donors (Lipinski definition) is 2. The lowest BCUT2D eigenvalue weighted by Crippen LogP contribution is -2.34. The maximum Gasteiger partial charge on any atom is 0.260 e. The van der Waals surface area contributed by atoms with Crippen LogP contribution in [-0.2, 0) is 15.1 Å². The molecule has 2 aliphatic rings. The first kappa shape index (κ1) is 22.0. The number of ether oxygens (including phenoxy) is 1. The molecule has 0 saturated heterocycles. The van der Waals surface area contributed by atoms with E-state index in [-0.39, 0.29) is 11.8 Å². The average molecular weight is 438 g/mol. The van der Waals surface area contributed by atoms with Crippen LogP contribution in [0.4, 0.5) is 10.1 Å². The zero-order chi connectivity index (χ0) is 23.0. The number of halogens is 1. The number of carbonyl (C=O) groups is 2. The van der Waals surface area contributed by atoms with Crippen LogP contribution >= 0.6 is 0 Å².